The van der Waals surface area contributed by atoms with Crippen molar-refractivity contribution in [1.82, 2.24) is 5.32 Å². The summed E-state index contributed by atoms with van der Waals surface area (Å²) in [6, 6.07) is 0.457. The van der Waals surface area contributed by atoms with E-state index in [1.165, 1.54) is 19.3 Å². The second kappa shape index (κ2) is 5.22. The van der Waals surface area contributed by atoms with Gasteiger partial charge in [-0.1, -0.05) is 6.42 Å². The summed E-state index contributed by atoms with van der Waals surface area (Å²) >= 11 is 0. The molecule has 1 aliphatic rings. The lowest BCUT2D eigenvalue weighted by Gasteiger charge is -2.31. The topological polar surface area (TPSA) is 38.3 Å². The molecule has 0 aliphatic heterocycles. The first-order valence-corrected chi connectivity index (χ1v) is 5.13. The van der Waals surface area contributed by atoms with E-state index >= 15 is 0 Å². The molecule has 1 aliphatic carbocycles. The highest BCUT2D eigenvalue weighted by atomic mass is 16.5. The van der Waals surface area contributed by atoms with E-state index in [4.69, 9.17) is 4.74 Å². The van der Waals surface area contributed by atoms with E-state index in [1.54, 1.807) is 0 Å². The minimum absolute atomic E-state index is 0.145. The molecule has 13 heavy (non-hydrogen) atoms. The number of esters is 1. The first-order chi connectivity index (χ1) is 6.24. The van der Waals surface area contributed by atoms with Crippen LogP contribution < -0.4 is 5.32 Å². The third kappa shape index (κ3) is 3.35. The Hall–Kier alpha value is -0.570. The molecule has 1 fully saturated rings. The zero-order chi connectivity index (χ0) is 9.68. The molecule has 76 valence electrons. The van der Waals surface area contributed by atoms with Gasteiger partial charge in [-0.05, 0) is 32.6 Å². The number of nitrogens with one attached hydrogen (secondary N) is 1. The fourth-order valence-corrected chi connectivity index (χ4v) is 1.56. The first kappa shape index (κ1) is 10.5. The molecule has 1 N–H and O–H groups in total. The van der Waals surface area contributed by atoms with Crippen molar-refractivity contribution in [3.05, 3.63) is 0 Å². The molecule has 3 nitrogen and oxygen atoms in total. The van der Waals surface area contributed by atoms with Crippen molar-refractivity contribution in [3.63, 3.8) is 0 Å². The lowest BCUT2D eigenvalue weighted by Crippen LogP contribution is -2.40. The van der Waals surface area contributed by atoms with Gasteiger partial charge < -0.3 is 10.1 Å². The molecule has 0 aromatic rings. The van der Waals surface area contributed by atoms with Crippen molar-refractivity contribution in [2.24, 2.45) is 5.92 Å². The van der Waals surface area contributed by atoms with Gasteiger partial charge >= 0.3 is 5.97 Å². The number of hydrogen-bond donors (Lipinski definition) is 1. The van der Waals surface area contributed by atoms with Gasteiger partial charge in [0.15, 0.2) is 0 Å². The maximum atomic E-state index is 11.0. The second-order valence-electron chi connectivity index (χ2n) is 3.67. The standard InChI is InChI=1S/C10H19NO2/c1-3-13-10(12)7-11-8(2)9-5-4-6-9/h8-9,11H,3-7H2,1-2H3. The number of ether oxygens (including phenoxy) is 1. The van der Waals surface area contributed by atoms with Gasteiger partial charge in [-0.2, -0.15) is 0 Å². The Kier molecular flexibility index (Phi) is 4.22. The average molecular weight is 185 g/mol. The third-order valence-electron chi connectivity index (χ3n) is 2.73. The summed E-state index contributed by atoms with van der Waals surface area (Å²) < 4.78 is 4.82. The minimum Gasteiger partial charge on any atom is -0.465 e. The van der Waals surface area contributed by atoms with Crippen LogP contribution in [0.25, 0.3) is 0 Å². The van der Waals surface area contributed by atoms with Crippen molar-refractivity contribution >= 4 is 5.97 Å². The van der Waals surface area contributed by atoms with E-state index in [-0.39, 0.29) is 5.97 Å². The highest BCUT2D eigenvalue weighted by Crippen LogP contribution is 2.29. The Labute approximate surface area is 79.8 Å². The van der Waals surface area contributed by atoms with E-state index in [1.807, 2.05) is 6.92 Å². The molecular formula is C10H19NO2. The Balaban J connectivity index is 2.06. The quantitative estimate of drug-likeness (QED) is 0.657. The Morgan fingerprint density at radius 2 is 2.31 bits per heavy atom. The van der Waals surface area contributed by atoms with E-state index < -0.39 is 0 Å². The predicted octanol–water partition coefficient (Wildman–Crippen LogP) is 1.33. The van der Waals surface area contributed by atoms with E-state index in [9.17, 15) is 4.79 Å². The van der Waals surface area contributed by atoms with Crippen molar-refractivity contribution in [1.29, 1.82) is 0 Å². The summed E-state index contributed by atoms with van der Waals surface area (Å²) in [6.07, 6.45) is 3.95. The highest BCUT2D eigenvalue weighted by molar-refractivity contribution is 5.71. The van der Waals surface area contributed by atoms with E-state index in [0.717, 1.165) is 5.92 Å². The van der Waals surface area contributed by atoms with Crippen LogP contribution in [0.15, 0.2) is 0 Å². The van der Waals surface area contributed by atoms with Crippen molar-refractivity contribution in [3.8, 4) is 0 Å². The summed E-state index contributed by atoms with van der Waals surface area (Å²) in [5.41, 5.74) is 0. The number of carbonyl (C=O) groups excluding carboxylic acids is 1. The molecule has 1 atom stereocenters. The van der Waals surface area contributed by atoms with Crippen molar-refractivity contribution in [2.45, 2.75) is 39.2 Å². The fourth-order valence-electron chi connectivity index (χ4n) is 1.56. The lowest BCUT2D eigenvalue weighted by atomic mass is 9.80. The maximum Gasteiger partial charge on any atom is 0.319 e. The lowest BCUT2D eigenvalue weighted by molar-refractivity contribution is -0.142. The molecule has 0 spiro atoms. The number of hydrogen-bond acceptors (Lipinski definition) is 3. The molecule has 0 amide bonds. The normalized spacial score (nSPS) is 19.2. The van der Waals surface area contributed by atoms with Crippen LogP contribution in [0.1, 0.15) is 33.1 Å². The van der Waals surface area contributed by atoms with Crippen LogP contribution in [0.4, 0.5) is 0 Å². The zero-order valence-electron chi connectivity index (χ0n) is 8.51. The van der Waals surface area contributed by atoms with Crippen LogP contribution in [-0.2, 0) is 9.53 Å². The molecule has 1 saturated carbocycles. The van der Waals surface area contributed by atoms with Gasteiger partial charge in [0.2, 0.25) is 0 Å². The van der Waals surface area contributed by atoms with Crippen molar-refractivity contribution in [2.75, 3.05) is 13.2 Å². The van der Waals surface area contributed by atoms with Gasteiger partial charge in [0.25, 0.3) is 0 Å². The highest BCUT2D eigenvalue weighted by Gasteiger charge is 2.23. The van der Waals surface area contributed by atoms with Gasteiger partial charge in [-0.25, -0.2) is 0 Å². The van der Waals surface area contributed by atoms with Crippen LogP contribution in [0.5, 0.6) is 0 Å². The summed E-state index contributed by atoms with van der Waals surface area (Å²) in [5.74, 6) is 0.628. The number of carbonyl (C=O) groups is 1. The monoisotopic (exact) mass is 185 g/mol. The molecule has 0 radical (unpaired) electrons. The maximum absolute atomic E-state index is 11.0. The largest absolute Gasteiger partial charge is 0.465 e. The second-order valence-corrected chi connectivity index (χ2v) is 3.67. The van der Waals surface area contributed by atoms with Crippen LogP contribution in [-0.4, -0.2) is 25.2 Å². The summed E-state index contributed by atoms with van der Waals surface area (Å²) in [7, 11) is 0. The SMILES string of the molecule is CCOC(=O)CNC(C)C1CCC1. The third-order valence-corrected chi connectivity index (χ3v) is 2.73. The molecule has 1 rings (SSSR count). The van der Waals surface area contributed by atoms with Crippen LogP contribution in [0.2, 0.25) is 0 Å². The Morgan fingerprint density at radius 3 is 2.77 bits per heavy atom. The zero-order valence-corrected chi connectivity index (χ0v) is 8.51. The van der Waals surface area contributed by atoms with Gasteiger partial charge in [-0.15, -0.1) is 0 Å². The Bertz CT molecular complexity index is 166. The van der Waals surface area contributed by atoms with Crippen LogP contribution in [0.3, 0.4) is 0 Å². The summed E-state index contributed by atoms with van der Waals surface area (Å²) in [5, 5.41) is 3.19. The predicted molar refractivity (Wildman–Crippen MR) is 51.4 cm³/mol. The van der Waals surface area contributed by atoms with E-state index in [0.29, 0.717) is 19.2 Å². The molecular weight excluding hydrogens is 166 g/mol. The minimum atomic E-state index is -0.145. The molecule has 0 bridgehead atoms. The van der Waals surface area contributed by atoms with Crippen LogP contribution >= 0.6 is 0 Å². The molecule has 0 heterocycles. The number of rotatable bonds is 5. The smallest absolute Gasteiger partial charge is 0.319 e. The molecule has 1 unspecified atom stereocenters. The molecule has 0 saturated heterocycles. The summed E-state index contributed by atoms with van der Waals surface area (Å²) in [4.78, 5) is 11.0. The Morgan fingerprint density at radius 1 is 1.62 bits per heavy atom. The average Bonchev–Trinajstić information content (AvgIpc) is 1.98. The van der Waals surface area contributed by atoms with Gasteiger partial charge in [-0.3, -0.25) is 4.79 Å². The molecule has 0 aromatic heterocycles. The molecule has 3 heteroatoms. The van der Waals surface area contributed by atoms with Gasteiger partial charge in [0.1, 0.15) is 0 Å². The van der Waals surface area contributed by atoms with Gasteiger partial charge in [0, 0.05) is 6.04 Å². The molecule has 0 aromatic carbocycles. The van der Waals surface area contributed by atoms with Crippen molar-refractivity contribution < 1.29 is 9.53 Å². The first-order valence-electron chi connectivity index (χ1n) is 5.13. The summed E-state index contributed by atoms with van der Waals surface area (Å²) in [6.45, 7) is 4.79. The van der Waals surface area contributed by atoms with Crippen LogP contribution in [0, 0.1) is 5.92 Å². The van der Waals surface area contributed by atoms with E-state index in [2.05, 4.69) is 12.2 Å². The van der Waals surface area contributed by atoms with Gasteiger partial charge in [0.05, 0.1) is 13.2 Å². The fraction of sp³-hybridized carbons (Fsp3) is 0.900.